The monoisotopic (exact) mass is 256 g/mol. The van der Waals surface area contributed by atoms with Gasteiger partial charge in [-0.15, -0.1) is 0 Å². The fourth-order valence-corrected chi connectivity index (χ4v) is 2.27. The molecule has 2 nitrogen and oxygen atoms in total. The lowest BCUT2D eigenvalue weighted by atomic mass is 10.1. The van der Waals surface area contributed by atoms with Gasteiger partial charge in [0.2, 0.25) is 0 Å². The highest BCUT2D eigenvalue weighted by Crippen LogP contribution is 2.32. The Morgan fingerprint density at radius 2 is 2.06 bits per heavy atom. The number of carbonyl (C=O) groups excluding carboxylic acids is 1. The number of rotatable bonds is 3. The van der Waals surface area contributed by atoms with Crippen molar-refractivity contribution in [3.05, 3.63) is 28.5 Å². The van der Waals surface area contributed by atoms with Crippen LogP contribution in [0.3, 0.4) is 0 Å². The highest BCUT2D eigenvalue weighted by Gasteiger charge is 2.19. The molecule has 0 heterocycles. The Hall–Kier alpha value is -1.09. The van der Waals surface area contributed by atoms with Gasteiger partial charge < -0.3 is 4.74 Å². The van der Waals surface area contributed by atoms with Gasteiger partial charge in [0.15, 0.2) is 5.78 Å². The largest absolute Gasteiger partial charge is 0.489 e. The number of hydrogen-bond donors (Lipinski definition) is 0. The van der Waals surface area contributed by atoms with E-state index < -0.39 is 5.82 Å². The summed E-state index contributed by atoms with van der Waals surface area (Å²) in [5.74, 6) is -0.512. The summed E-state index contributed by atoms with van der Waals surface area (Å²) >= 11 is 5.91. The molecule has 0 N–H and O–H groups in total. The number of carbonyl (C=O) groups is 1. The van der Waals surface area contributed by atoms with E-state index in [1.165, 1.54) is 13.0 Å². The number of benzene rings is 1. The second-order valence-corrected chi connectivity index (χ2v) is 4.75. The highest BCUT2D eigenvalue weighted by atomic mass is 35.5. The van der Waals surface area contributed by atoms with Crippen molar-refractivity contribution >= 4 is 17.4 Å². The Morgan fingerprint density at radius 1 is 1.41 bits per heavy atom. The molecule has 0 aromatic heterocycles. The zero-order valence-electron chi connectivity index (χ0n) is 9.63. The van der Waals surface area contributed by atoms with Crippen LogP contribution in [0.2, 0.25) is 5.02 Å². The maximum atomic E-state index is 13.4. The smallest absolute Gasteiger partial charge is 0.162 e. The lowest BCUT2D eigenvalue weighted by Gasteiger charge is -2.15. The van der Waals surface area contributed by atoms with E-state index in [4.69, 9.17) is 16.3 Å². The maximum Gasteiger partial charge on any atom is 0.162 e. The Balaban J connectivity index is 2.26. The van der Waals surface area contributed by atoms with Crippen molar-refractivity contribution < 1.29 is 13.9 Å². The summed E-state index contributed by atoms with van der Waals surface area (Å²) < 4.78 is 19.1. The fraction of sp³-hybridized carbons (Fsp3) is 0.462. The van der Waals surface area contributed by atoms with Crippen LogP contribution in [-0.4, -0.2) is 11.9 Å². The average molecular weight is 257 g/mol. The molecule has 1 aromatic rings. The minimum Gasteiger partial charge on any atom is -0.489 e. The normalized spacial score (nSPS) is 16.2. The van der Waals surface area contributed by atoms with Crippen LogP contribution >= 0.6 is 11.6 Å². The molecule has 17 heavy (non-hydrogen) atoms. The van der Waals surface area contributed by atoms with E-state index in [-0.39, 0.29) is 22.5 Å². The van der Waals surface area contributed by atoms with E-state index in [2.05, 4.69) is 0 Å². The summed E-state index contributed by atoms with van der Waals surface area (Å²) in [6, 6.07) is 2.54. The average Bonchev–Trinajstić information content (AvgIpc) is 2.74. The van der Waals surface area contributed by atoms with Gasteiger partial charge in [0.1, 0.15) is 11.6 Å². The van der Waals surface area contributed by atoms with Crippen molar-refractivity contribution in [1.82, 2.24) is 0 Å². The standard InChI is InChI=1S/C13H14ClFO2/c1-8(16)10-6-13(11(14)7-12(10)15)17-9-4-2-3-5-9/h6-7,9H,2-5H2,1H3. The second kappa shape index (κ2) is 5.05. The molecule has 1 saturated carbocycles. The molecule has 0 spiro atoms. The van der Waals surface area contributed by atoms with Crippen LogP contribution < -0.4 is 4.74 Å². The van der Waals surface area contributed by atoms with Crippen LogP contribution in [0.5, 0.6) is 5.75 Å². The summed E-state index contributed by atoms with van der Waals surface area (Å²) in [6.45, 7) is 1.33. The molecule has 1 aliphatic carbocycles. The molecular formula is C13H14ClFO2. The zero-order valence-corrected chi connectivity index (χ0v) is 10.4. The van der Waals surface area contributed by atoms with Crippen LogP contribution in [-0.2, 0) is 0 Å². The third-order valence-corrected chi connectivity index (χ3v) is 3.29. The first-order valence-electron chi connectivity index (χ1n) is 5.74. The molecule has 1 aliphatic rings. The number of halogens is 2. The summed E-state index contributed by atoms with van der Waals surface area (Å²) in [7, 11) is 0. The summed E-state index contributed by atoms with van der Waals surface area (Å²) in [6.07, 6.45) is 4.40. The van der Waals surface area contributed by atoms with Gasteiger partial charge >= 0.3 is 0 Å². The van der Waals surface area contributed by atoms with Crippen molar-refractivity contribution in [1.29, 1.82) is 0 Å². The Labute approximate surface area is 105 Å². The van der Waals surface area contributed by atoms with E-state index in [0.29, 0.717) is 5.75 Å². The Morgan fingerprint density at radius 3 is 2.65 bits per heavy atom. The summed E-state index contributed by atoms with van der Waals surface area (Å²) in [5, 5.41) is 0.222. The molecule has 0 unspecified atom stereocenters. The van der Waals surface area contributed by atoms with Crippen molar-refractivity contribution in [3.63, 3.8) is 0 Å². The van der Waals surface area contributed by atoms with E-state index in [1.54, 1.807) is 0 Å². The van der Waals surface area contributed by atoms with Gasteiger partial charge in [0, 0.05) is 0 Å². The van der Waals surface area contributed by atoms with Gasteiger partial charge in [-0.05, 0) is 44.7 Å². The predicted molar refractivity (Wildman–Crippen MR) is 64.3 cm³/mol. The highest BCUT2D eigenvalue weighted by molar-refractivity contribution is 6.32. The van der Waals surface area contributed by atoms with Crippen molar-refractivity contribution in [3.8, 4) is 5.75 Å². The second-order valence-electron chi connectivity index (χ2n) is 4.34. The Kier molecular flexibility index (Phi) is 3.67. The molecule has 0 atom stereocenters. The van der Waals surface area contributed by atoms with Crippen molar-refractivity contribution in [2.45, 2.75) is 38.7 Å². The van der Waals surface area contributed by atoms with E-state index in [9.17, 15) is 9.18 Å². The number of hydrogen-bond acceptors (Lipinski definition) is 2. The molecule has 0 bridgehead atoms. The van der Waals surface area contributed by atoms with Crippen LogP contribution in [0.1, 0.15) is 43.0 Å². The van der Waals surface area contributed by atoms with Gasteiger partial charge in [0.25, 0.3) is 0 Å². The lowest BCUT2D eigenvalue weighted by molar-refractivity contribution is 0.101. The summed E-state index contributed by atoms with van der Waals surface area (Å²) in [5.41, 5.74) is 0.0300. The van der Waals surface area contributed by atoms with Gasteiger partial charge in [-0.3, -0.25) is 4.79 Å². The van der Waals surface area contributed by atoms with E-state index >= 15 is 0 Å². The molecule has 92 valence electrons. The first-order valence-corrected chi connectivity index (χ1v) is 6.12. The molecule has 0 saturated heterocycles. The number of Topliss-reactive ketones (excluding diaryl/α,β-unsaturated/α-hetero) is 1. The van der Waals surface area contributed by atoms with Gasteiger partial charge in [-0.25, -0.2) is 4.39 Å². The van der Waals surface area contributed by atoms with Gasteiger partial charge in [-0.2, -0.15) is 0 Å². The molecule has 0 amide bonds. The predicted octanol–water partition coefficient (Wildman–Crippen LogP) is 4.00. The Bertz CT molecular complexity index is 439. The van der Waals surface area contributed by atoms with Crippen molar-refractivity contribution in [2.75, 3.05) is 0 Å². The molecule has 1 aromatic carbocycles. The van der Waals surface area contributed by atoms with Crippen LogP contribution in [0.4, 0.5) is 4.39 Å². The molecule has 4 heteroatoms. The fourth-order valence-electron chi connectivity index (χ4n) is 2.07. The lowest BCUT2D eigenvalue weighted by Crippen LogP contribution is -2.12. The van der Waals surface area contributed by atoms with Crippen LogP contribution in [0.25, 0.3) is 0 Å². The third kappa shape index (κ3) is 2.78. The molecule has 0 radical (unpaired) electrons. The van der Waals surface area contributed by atoms with Gasteiger partial charge in [-0.1, -0.05) is 11.6 Å². The molecule has 2 rings (SSSR count). The minimum absolute atomic E-state index is 0.0300. The van der Waals surface area contributed by atoms with Crippen LogP contribution in [0.15, 0.2) is 12.1 Å². The zero-order chi connectivity index (χ0) is 12.4. The topological polar surface area (TPSA) is 26.3 Å². The van der Waals surface area contributed by atoms with E-state index in [1.807, 2.05) is 0 Å². The maximum absolute atomic E-state index is 13.4. The SMILES string of the molecule is CC(=O)c1cc(OC2CCCC2)c(Cl)cc1F. The van der Waals surface area contributed by atoms with Gasteiger partial charge in [0.05, 0.1) is 16.7 Å². The first kappa shape index (κ1) is 12.4. The number of ether oxygens (including phenoxy) is 1. The third-order valence-electron chi connectivity index (χ3n) is 3.00. The summed E-state index contributed by atoms with van der Waals surface area (Å²) in [4.78, 5) is 11.2. The van der Waals surface area contributed by atoms with Crippen molar-refractivity contribution in [2.24, 2.45) is 0 Å². The molecular weight excluding hydrogens is 243 g/mol. The quantitative estimate of drug-likeness (QED) is 0.764. The molecule has 0 aliphatic heterocycles. The number of ketones is 1. The van der Waals surface area contributed by atoms with Crippen LogP contribution in [0, 0.1) is 5.82 Å². The first-order chi connectivity index (χ1) is 8.08. The minimum atomic E-state index is -0.596. The molecule has 1 fully saturated rings. The van der Waals surface area contributed by atoms with E-state index in [0.717, 1.165) is 31.7 Å².